The first-order valence-corrected chi connectivity index (χ1v) is 50.6. The van der Waals surface area contributed by atoms with E-state index in [4.69, 9.17) is 46.6 Å². The van der Waals surface area contributed by atoms with Gasteiger partial charge in [-0.25, -0.2) is 39.7 Å². The second-order valence-electron chi connectivity index (χ2n) is 34.0. The van der Waals surface area contributed by atoms with Crippen molar-refractivity contribution in [3.8, 4) is 22.5 Å². The molecular formula is C132H121Ir4N8S4-6. The minimum absolute atomic E-state index is 0. The van der Waals surface area contributed by atoms with Gasteiger partial charge in [0.05, 0.1) is 26.0 Å². The van der Waals surface area contributed by atoms with Gasteiger partial charge in [-0.2, -0.15) is 95.7 Å². The van der Waals surface area contributed by atoms with Crippen molar-refractivity contribution in [3.05, 3.63) is 495 Å². The number of aliphatic imine (C=N–C) groups is 1. The summed E-state index contributed by atoms with van der Waals surface area (Å²) in [6.07, 6.45) is 42.7. The third-order valence-electron chi connectivity index (χ3n) is 23.8. The van der Waals surface area contributed by atoms with Gasteiger partial charge in [-0.3, -0.25) is 4.98 Å². The zero-order valence-electron chi connectivity index (χ0n) is 115. The molecule has 25 rings (SSSR count). The number of aromatic nitrogens is 6. The van der Waals surface area contributed by atoms with E-state index in [0.29, 0.717) is 65.5 Å². The standard InChI is InChI=1S/C24H22NS.C18H16NS.C17H12NS.C17H20N.C14H15N.C13H9S.C12H12N.C12H10N.C5H5N.4Ir/c1-16-13-14-22(25-15-16)21-12-6-11-20-19-10-5-9-18(23(19)26-24(20)21)17-7-3-2-4-8-17;1-12-9-10-16(19-11-12)15-7-4-6-14-13-5-2-3-8-17(13)20-18(14)15;1-2-10-16-12(6-1)13-7-5-8-14(17(13)19-16)15-9-3-4-11-18-15;1-3-7-14(8-4-1)16-11-12-17(18-13-16)15-9-5-2-6-10-15;1-11(2)12(3)9-10-14(15)13-7-5-4-6-8-13;1-9-6-7-11-10-4-2-3-5-12(10)14-13(11)8-9;2*1-10-7-8-12(13-9-10)11-5-3-2-4-6-11;1-2-4-6-5-3-1;;;;/h5-6,9-11,13-15,17H,2-4,7-8H2,1H3;2-3,5-8,11H,4,9-10H2,1H3;1-4,6-11H,5H2;2,5,9-14H,1,3-4,6-8H2;4-7,9-11H,3H2,1-2H3;2,4-8H,1H3;2-3,5-9H,4H2,1H3;2-5,7-9H,1H3;1-5H;;;;/q4*-1;-2;3*-1;;;;;+3/b;;;;10-9-;;;;;;;;/i1D3,13D,14D,17D;1D3,9D,10D;1D,2D,3D,4D,6D,9D,10D,11D;11D,12D,14D;9D,10D,11D;;;1D3,7D,8D;1D,2D,3D,4D;;;;. The molecule has 0 spiro atoms. The van der Waals surface area contributed by atoms with Gasteiger partial charge in [0.25, 0.3) is 0 Å². The molecule has 755 valence electrons. The van der Waals surface area contributed by atoms with Crippen LogP contribution in [0.3, 0.4) is 0 Å². The van der Waals surface area contributed by atoms with Crippen LogP contribution in [-0.4, -0.2) is 41.3 Å². The predicted molar refractivity (Wildman–Crippen MR) is 619 cm³/mol. The summed E-state index contributed by atoms with van der Waals surface area (Å²) in [5.41, 5.74) is 11.4. The SMILES string of the molecule is Cc1ccc(C2=CC=CC[CH-]2)nc1.Cc1ccc2c(c1)sc1c[c-]ccc12.[2H]/C(C(=C)C([2H])(C)C)=C(\[2H])C(=[N-])c1[c-]cccc1.[2H]C1C(C([2H])([2H])[2H])=CN=C(C2=c3sc4ccccc4c3=CC[CH-]2)C1[2H].[2H]c1c(C([2H])([2H])[2H])cnc(-c2[c-]ccc3c2sc2c(C4([2H])CCCCC4)cccc23)c1[2H].[2H]c1c(C([2H])([2H])[2H])cnc(-c2[c-]cccc2)c1[2H].[2H]c1c(C2([2H])CCCCC2)cnc(C2=CC=CC[CH-]2)c1[2H].[2H]c1cnc([2H])c([2H])c1[2H].[2H]c1nc(C2=c3sc4c([2H])c([2H])c([2H])c([2H])c4c3=CC[CH-]2)c([2H])c([2H])c1[2H].[Ir+3].[Ir].[Ir].[Ir]. The van der Waals surface area contributed by atoms with Crippen LogP contribution in [0.5, 0.6) is 0 Å². The van der Waals surface area contributed by atoms with Crippen LogP contribution < -0.4 is 19.5 Å². The topological polar surface area (TPSA) is 112 Å². The van der Waals surface area contributed by atoms with Crippen molar-refractivity contribution in [3.63, 3.8) is 0 Å². The molecule has 2 atom stereocenters. The Morgan fingerprint density at radius 2 is 1.16 bits per heavy atom. The fourth-order valence-corrected chi connectivity index (χ4v) is 21.4. The smallest absolute Gasteiger partial charge is 0.855 e. The predicted octanol–water partition coefficient (Wildman–Crippen LogP) is 33.1. The monoisotopic (exact) mass is 2750 g/mol. The summed E-state index contributed by atoms with van der Waals surface area (Å²) in [6.45, 7) is 3.72. The zero-order chi connectivity index (χ0) is 129. The summed E-state index contributed by atoms with van der Waals surface area (Å²) in [5, 5.41) is 18.1. The molecular weight excluding hydrogens is 2590 g/mol. The van der Waals surface area contributed by atoms with Crippen molar-refractivity contribution in [1.29, 1.82) is 0 Å². The van der Waals surface area contributed by atoms with Crippen LogP contribution in [0, 0.1) is 83.4 Å². The molecule has 6 aliphatic carbocycles. The van der Waals surface area contributed by atoms with Crippen molar-refractivity contribution in [1.82, 2.24) is 29.9 Å². The number of hydrogen-bond donors (Lipinski definition) is 0. The first kappa shape index (κ1) is 74.9. The Hall–Kier alpha value is -11.9. The van der Waals surface area contributed by atoms with Gasteiger partial charge < -0.3 is 35.3 Å². The fourth-order valence-electron chi connectivity index (χ4n) is 16.5. The van der Waals surface area contributed by atoms with Gasteiger partial charge in [0.1, 0.15) is 0 Å². The molecule has 7 aliphatic rings. The number of allylic oxidation sites excluding steroid dienone is 12. The average Bonchev–Trinajstić information content (AvgIpc) is 1.58. The molecule has 2 saturated carbocycles. The number of pyridine rings is 6. The Labute approximate surface area is 992 Å². The summed E-state index contributed by atoms with van der Waals surface area (Å²) in [6, 6.07) is 57.0. The van der Waals surface area contributed by atoms with Crippen molar-refractivity contribution in [2.75, 3.05) is 0 Å². The van der Waals surface area contributed by atoms with E-state index in [-0.39, 0.29) is 241 Å². The maximum absolute atomic E-state index is 9.89. The summed E-state index contributed by atoms with van der Waals surface area (Å²) < 4.78 is 273. The maximum atomic E-state index is 9.89. The third-order valence-corrected chi connectivity index (χ3v) is 28.6. The van der Waals surface area contributed by atoms with Gasteiger partial charge >= 0.3 is 20.1 Å². The normalized spacial score (nSPS) is 19.3. The molecule has 1 aliphatic heterocycles. The Balaban J connectivity index is 0.000000169. The molecule has 3 radical (unpaired) electrons. The Bertz CT molecular complexity index is 9930. The number of nitrogens with zero attached hydrogens (tertiary/aromatic N) is 8. The molecule has 0 N–H and O–H groups in total. The molecule has 0 bridgehead atoms. The van der Waals surface area contributed by atoms with Crippen molar-refractivity contribution < 1.29 is 127 Å². The van der Waals surface area contributed by atoms with Crippen LogP contribution in [-0.2, 0) is 80.4 Å². The third kappa shape index (κ3) is 30.5. The van der Waals surface area contributed by atoms with E-state index in [9.17, 15) is 5.41 Å². The van der Waals surface area contributed by atoms with Crippen LogP contribution in [0.25, 0.3) is 123 Å². The number of thiophene rings is 4. The first-order chi connectivity index (χ1) is 84.4. The second kappa shape index (κ2) is 57.8. The number of fused-ring (bicyclic) bond motifs is 12. The van der Waals surface area contributed by atoms with Crippen LogP contribution in [0.4, 0.5) is 0 Å². The van der Waals surface area contributed by atoms with E-state index in [1.165, 1.54) is 83.5 Å². The largest absolute Gasteiger partial charge is 3.00 e. The summed E-state index contributed by atoms with van der Waals surface area (Å²) in [4.78, 5) is 28.8. The van der Waals surface area contributed by atoms with Crippen LogP contribution in [0.1, 0.15) is 238 Å². The molecule has 10 aromatic heterocycles. The van der Waals surface area contributed by atoms with E-state index in [2.05, 4.69) is 177 Å². The Kier molecular flexibility index (Phi) is 29.2. The number of benzene rings is 8. The molecule has 8 aromatic carbocycles. The van der Waals surface area contributed by atoms with Crippen LogP contribution in [0.15, 0.2) is 369 Å². The van der Waals surface area contributed by atoms with Gasteiger partial charge in [0.2, 0.25) is 0 Å². The second-order valence-corrected chi connectivity index (χ2v) is 38.2. The first-order valence-electron chi connectivity index (χ1n) is 64.4. The number of hydrogen-bond acceptors (Lipinski definition) is 11. The van der Waals surface area contributed by atoms with Gasteiger partial charge in [-0.15, -0.1) is 131 Å². The minimum atomic E-state index is -2.48. The quantitative estimate of drug-likeness (QED) is 0.0684. The minimum Gasteiger partial charge on any atom is -0.855 e. The molecule has 16 heteroatoms. The molecule has 18 aromatic rings. The van der Waals surface area contributed by atoms with E-state index in [1.807, 2.05) is 85.0 Å². The molecule has 0 amide bonds. The Morgan fingerprint density at radius 1 is 0.507 bits per heavy atom. The van der Waals surface area contributed by atoms with E-state index in [1.54, 1.807) is 104 Å². The van der Waals surface area contributed by atoms with E-state index >= 15 is 0 Å². The van der Waals surface area contributed by atoms with Gasteiger partial charge in [0, 0.05) is 149 Å². The summed E-state index contributed by atoms with van der Waals surface area (Å²) in [5.74, 6) is -2.36. The Morgan fingerprint density at radius 3 is 1.89 bits per heavy atom. The van der Waals surface area contributed by atoms with E-state index < -0.39 is 57.1 Å². The number of aryl methyl sites for hydroxylation is 4. The fraction of sp³-hybridized carbons (Fsp3) is 0.197. The molecule has 11 heterocycles. The molecule has 2 unspecified atom stereocenters. The molecule has 8 nitrogen and oxygen atoms in total. The van der Waals surface area contributed by atoms with Crippen LogP contribution >= 0.6 is 45.3 Å². The molecule has 2 fully saturated rings. The summed E-state index contributed by atoms with van der Waals surface area (Å²) >= 11 is 6.27. The van der Waals surface area contributed by atoms with E-state index in [0.717, 1.165) is 135 Å². The van der Waals surface area contributed by atoms with Gasteiger partial charge in [0.15, 0.2) is 0 Å². The van der Waals surface area contributed by atoms with Gasteiger partial charge in [-0.1, -0.05) is 289 Å². The zero-order valence-corrected chi connectivity index (χ0v) is 94.0. The number of rotatable bonds is 12. The molecule has 148 heavy (non-hydrogen) atoms. The molecule has 0 saturated heterocycles. The summed E-state index contributed by atoms with van der Waals surface area (Å²) in [7, 11) is 0. The van der Waals surface area contributed by atoms with Gasteiger partial charge in [-0.05, 0) is 209 Å². The average molecular weight is 2750 g/mol. The van der Waals surface area contributed by atoms with Crippen LogP contribution in [0.2, 0.25) is 0 Å². The maximum Gasteiger partial charge on any atom is 3.00 e. The van der Waals surface area contributed by atoms with Crippen molar-refractivity contribution in [2.45, 2.75) is 163 Å². The van der Waals surface area contributed by atoms with Crippen molar-refractivity contribution in [2.24, 2.45) is 10.9 Å². The van der Waals surface area contributed by atoms with Crippen molar-refractivity contribution >= 4 is 152 Å².